The van der Waals surface area contributed by atoms with E-state index in [1.54, 1.807) is 6.92 Å². The first-order valence-corrected chi connectivity index (χ1v) is 8.05. The summed E-state index contributed by atoms with van der Waals surface area (Å²) >= 11 is 0. The number of hydrogen-bond acceptors (Lipinski definition) is 5. The highest BCUT2D eigenvalue weighted by atomic mass is 32.2. The predicted octanol–water partition coefficient (Wildman–Crippen LogP) is 1.31. The topological polar surface area (TPSA) is 72.0 Å². The molecule has 0 aromatic carbocycles. The monoisotopic (exact) mass is 269 g/mol. The van der Waals surface area contributed by atoms with Gasteiger partial charge < -0.3 is 5.32 Å². The zero-order valence-electron chi connectivity index (χ0n) is 11.2. The molecule has 0 amide bonds. The molecule has 1 aliphatic rings. The van der Waals surface area contributed by atoms with E-state index >= 15 is 0 Å². The third kappa shape index (κ3) is 2.40. The number of hydrogen-bond donors (Lipinski definition) is 1. The number of rotatable bonds is 3. The highest BCUT2D eigenvalue weighted by molar-refractivity contribution is 7.90. The Hall–Kier alpha value is -1.01. The summed E-state index contributed by atoms with van der Waals surface area (Å²) in [7, 11) is -3.16. The molecule has 100 valence electrons. The van der Waals surface area contributed by atoms with E-state index in [0.29, 0.717) is 12.4 Å². The number of fused-ring (bicyclic) bond motifs is 1. The molecule has 1 aliphatic heterocycles. The highest BCUT2D eigenvalue weighted by Gasteiger charge is 2.26. The standard InChI is InChI=1S/C12H19N3O2S/c1-7(2)11-9-5-13-6-10(9)14-12(15-11)8(3)18(4,16)17/h7-8,13H,5-6H2,1-4H3. The van der Waals surface area contributed by atoms with Crippen LogP contribution in [0.5, 0.6) is 0 Å². The van der Waals surface area contributed by atoms with Crippen molar-refractivity contribution in [2.45, 2.75) is 45.0 Å². The van der Waals surface area contributed by atoms with Crippen molar-refractivity contribution in [1.82, 2.24) is 15.3 Å². The van der Waals surface area contributed by atoms with Gasteiger partial charge in [-0.05, 0) is 12.8 Å². The second kappa shape index (κ2) is 4.59. The summed E-state index contributed by atoms with van der Waals surface area (Å²) in [5.74, 6) is 0.691. The molecule has 0 aliphatic carbocycles. The van der Waals surface area contributed by atoms with E-state index in [9.17, 15) is 8.42 Å². The summed E-state index contributed by atoms with van der Waals surface area (Å²) in [6, 6.07) is 0. The molecule has 1 aromatic heterocycles. The summed E-state index contributed by atoms with van der Waals surface area (Å²) < 4.78 is 23.2. The normalized spacial score (nSPS) is 16.9. The maximum absolute atomic E-state index is 11.6. The fraction of sp³-hybridized carbons (Fsp3) is 0.667. The third-order valence-corrected chi connectivity index (χ3v) is 4.78. The second-order valence-corrected chi connectivity index (χ2v) is 7.49. The maximum Gasteiger partial charge on any atom is 0.157 e. The predicted molar refractivity (Wildman–Crippen MR) is 69.9 cm³/mol. The van der Waals surface area contributed by atoms with Crippen molar-refractivity contribution in [3.05, 3.63) is 22.8 Å². The van der Waals surface area contributed by atoms with Crippen LogP contribution in [0.2, 0.25) is 0 Å². The lowest BCUT2D eigenvalue weighted by Crippen LogP contribution is -2.15. The minimum absolute atomic E-state index is 0.271. The molecular weight excluding hydrogens is 250 g/mol. The zero-order chi connectivity index (χ0) is 13.5. The first-order chi connectivity index (χ1) is 8.30. The van der Waals surface area contributed by atoms with E-state index < -0.39 is 15.1 Å². The van der Waals surface area contributed by atoms with Crippen molar-refractivity contribution in [3.63, 3.8) is 0 Å². The molecular formula is C12H19N3O2S. The van der Waals surface area contributed by atoms with E-state index in [0.717, 1.165) is 23.5 Å². The molecule has 2 heterocycles. The molecule has 0 radical (unpaired) electrons. The van der Waals surface area contributed by atoms with Gasteiger partial charge in [-0.15, -0.1) is 0 Å². The zero-order valence-corrected chi connectivity index (χ0v) is 12.0. The van der Waals surface area contributed by atoms with Crippen LogP contribution in [0, 0.1) is 0 Å². The van der Waals surface area contributed by atoms with Crippen molar-refractivity contribution < 1.29 is 8.42 Å². The molecule has 0 bridgehead atoms. The summed E-state index contributed by atoms with van der Waals surface area (Å²) in [5.41, 5.74) is 3.05. The lowest BCUT2D eigenvalue weighted by atomic mass is 10.0. The van der Waals surface area contributed by atoms with Crippen molar-refractivity contribution in [1.29, 1.82) is 0 Å². The lowest BCUT2D eigenvalue weighted by molar-refractivity contribution is 0.587. The van der Waals surface area contributed by atoms with Gasteiger partial charge in [0.05, 0.1) is 11.4 Å². The molecule has 18 heavy (non-hydrogen) atoms. The van der Waals surface area contributed by atoms with Gasteiger partial charge in [0.25, 0.3) is 0 Å². The number of nitrogens with one attached hydrogen (secondary N) is 1. The van der Waals surface area contributed by atoms with E-state index in [4.69, 9.17) is 0 Å². The Kier molecular flexibility index (Phi) is 3.42. The third-order valence-electron chi connectivity index (χ3n) is 3.29. The first-order valence-electron chi connectivity index (χ1n) is 6.10. The maximum atomic E-state index is 11.6. The van der Waals surface area contributed by atoms with Crippen molar-refractivity contribution in [2.75, 3.05) is 6.26 Å². The van der Waals surface area contributed by atoms with Crippen LogP contribution in [0.25, 0.3) is 0 Å². The SMILES string of the molecule is CC(C)c1nc(C(C)S(C)(=O)=O)nc2c1CNC2. The Labute approximate surface area is 108 Å². The van der Waals surface area contributed by atoms with Gasteiger partial charge in [0, 0.05) is 24.9 Å². The van der Waals surface area contributed by atoms with E-state index in [2.05, 4.69) is 29.1 Å². The van der Waals surface area contributed by atoms with Gasteiger partial charge >= 0.3 is 0 Å². The fourth-order valence-corrected chi connectivity index (χ4v) is 2.55. The second-order valence-electron chi connectivity index (χ2n) is 5.12. The molecule has 0 spiro atoms. The summed E-state index contributed by atoms with van der Waals surface area (Å²) in [6.45, 7) is 7.24. The van der Waals surface area contributed by atoms with Crippen LogP contribution in [-0.2, 0) is 22.9 Å². The molecule has 1 unspecified atom stereocenters. The smallest absolute Gasteiger partial charge is 0.157 e. The van der Waals surface area contributed by atoms with Crippen molar-refractivity contribution >= 4 is 9.84 Å². The number of aromatic nitrogens is 2. The number of nitrogens with zero attached hydrogens (tertiary/aromatic N) is 2. The molecule has 1 atom stereocenters. The summed E-state index contributed by atoms with van der Waals surface area (Å²) in [5, 5.41) is 2.58. The van der Waals surface area contributed by atoms with Crippen LogP contribution in [-0.4, -0.2) is 24.6 Å². The van der Waals surface area contributed by atoms with Crippen LogP contribution < -0.4 is 5.32 Å². The Morgan fingerprint density at radius 1 is 1.17 bits per heavy atom. The van der Waals surface area contributed by atoms with Crippen LogP contribution in [0.15, 0.2) is 0 Å². The molecule has 0 saturated heterocycles. The average Bonchev–Trinajstić information content (AvgIpc) is 2.72. The van der Waals surface area contributed by atoms with Gasteiger partial charge in [0.1, 0.15) is 11.1 Å². The molecule has 6 heteroatoms. The largest absolute Gasteiger partial charge is 0.307 e. The lowest BCUT2D eigenvalue weighted by Gasteiger charge is -2.15. The van der Waals surface area contributed by atoms with Gasteiger partial charge in [-0.25, -0.2) is 18.4 Å². The highest BCUT2D eigenvalue weighted by Crippen LogP contribution is 2.26. The fourth-order valence-electron chi connectivity index (χ4n) is 2.07. The van der Waals surface area contributed by atoms with Gasteiger partial charge in [0.2, 0.25) is 0 Å². The Morgan fingerprint density at radius 2 is 1.83 bits per heavy atom. The molecule has 0 fully saturated rings. The van der Waals surface area contributed by atoms with E-state index in [-0.39, 0.29) is 5.92 Å². The number of sulfone groups is 1. The Morgan fingerprint density at radius 3 is 2.39 bits per heavy atom. The van der Waals surface area contributed by atoms with Crippen LogP contribution in [0.1, 0.15) is 54.7 Å². The summed E-state index contributed by atoms with van der Waals surface area (Å²) in [4.78, 5) is 8.89. The molecule has 1 N–H and O–H groups in total. The van der Waals surface area contributed by atoms with Crippen LogP contribution in [0.3, 0.4) is 0 Å². The van der Waals surface area contributed by atoms with Crippen LogP contribution >= 0.6 is 0 Å². The summed E-state index contributed by atoms with van der Waals surface area (Å²) in [6.07, 6.45) is 1.22. The average molecular weight is 269 g/mol. The van der Waals surface area contributed by atoms with Crippen molar-refractivity contribution in [2.24, 2.45) is 0 Å². The molecule has 1 aromatic rings. The molecule has 2 rings (SSSR count). The Balaban J connectivity index is 2.55. The minimum atomic E-state index is -3.16. The van der Waals surface area contributed by atoms with Crippen LogP contribution in [0.4, 0.5) is 0 Å². The van der Waals surface area contributed by atoms with E-state index in [1.165, 1.54) is 6.26 Å². The van der Waals surface area contributed by atoms with Gasteiger partial charge in [0.15, 0.2) is 9.84 Å². The van der Waals surface area contributed by atoms with Gasteiger partial charge in [-0.3, -0.25) is 0 Å². The first kappa shape index (κ1) is 13.4. The molecule has 5 nitrogen and oxygen atoms in total. The van der Waals surface area contributed by atoms with Gasteiger partial charge in [-0.1, -0.05) is 13.8 Å². The van der Waals surface area contributed by atoms with Crippen molar-refractivity contribution in [3.8, 4) is 0 Å². The molecule has 0 saturated carbocycles. The van der Waals surface area contributed by atoms with Gasteiger partial charge in [-0.2, -0.15) is 0 Å². The quantitative estimate of drug-likeness (QED) is 0.895. The Bertz CT molecular complexity index is 567. The minimum Gasteiger partial charge on any atom is -0.307 e. The van der Waals surface area contributed by atoms with E-state index in [1.807, 2.05) is 0 Å².